The van der Waals surface area contributed by atoms with Crippen molar-refractivity contribution in [1.29, 1.82) is 0 Å². The molecule has 2 aromatic carbocycles. The number of esters is 1. The first-order chi connectivity index (χ1) is 28.6. The number of carbonyl (C=O) groups is 3. The number of ether oxygens (including phenoxy) is 4. The van der Waals surface area contributed by atoms with E-state index in [-0.39, 0.29) is 64.1 Å². The van der Waals surface area contributed by atoms with Crippen molar-refractivity contribution in [1.82, 2.24) is 14.9 Å². The molecule has 314 valence electrons. The number of rotatable bonds is 8. The third kappa shape index (κ3) is 6.14. The molecule has 1 unspecified atom stereocenters. The van der Waals surface area contributed by atoms with Crippen molar-refractivity contribution in [3.05, 3.63) is 89.9 Å². The Kier molecular flexibility index (Phi) is 9.87. The molecule has 8 N–H and O–H groups in total. The zero-order valence-electron chi connectivity index (χ0n) is 32.1. The average molecular weight is 894 g/mol. The number of nitrogens with one attached hydrogen (secondary N) is 1. The predicted molar refractivity (Wildman–Crippen MR) is 207 cm³/mol. The van der Waals surface area contributed by atoms with Gasteiger partial charge in [0.1, 0.15) is 6.61 Å². The van der Waals surface area contributed by atoms with Gasteiger partial charge in [-0.15, -0.1) is 0 Å². The second-order valence-corrected chi connectivity index (χ2v) is 17.7. The SMILES string of the molecule is CC[C@]1(O)C(=O)OCc2c1cc1n(c2=O)Cc2c-1nc1cc(F)c(C)c3c1c2C(NC(=O)OCc1ccc(O[C@@H]2O[C@H](C(=O)O)[C@@H](O)[C@H](O)[C@H]2O)c2cc(CN)[se]c12)CC3. The zero-order chi connectivity index (χ0) is 42.5. The van der Waals surface area contributed by atoms with E-state index in [1.165, 1.54) is 16.7 Å². The molecule has 9 rings (SSSR count). The van der Waals surface area contributed by atoms with Crippen LogP contribution in [0.3, 0.4) is 0 Å². The first-order valence-electron chi connectivity index (χ1n) is 19.2. The molecule has 4 aliphatic rings. The Bertz CT molecular complexity index is 2740. The number of fused-ring (bicyclic) bond motifs is 6. The van der Waals surface area contributed by atoms with E-state index in [9.17, 15) is 44.7 Å². The van der Waals surface area contributed by atoms with Crippen LogP contribution in [-0.2, 0) is 62.1 Å². The molecule has 1 fully saturated rings. The van der Waals surface area contributed by atoms with Crippen LogP contribution in [0.1, 0.15) is 69.2 Å². The van der Waals surface area contributed by atoms with E-state index in [0.29, 0.717) is 62.8 Å². The molecule has 0 bridgehead atoms. The number of pyridine rings is 2. The summed E-state index contributed by atoms with van der Waals surface area (Å²) in [7, 11) is 0. The van der Waals surface area contributed by atoms with E-state index < -0.39 is 71.8 Å². The number of aryl methyl sites for hydroxylation is 1. The third-order valence-corrected chi connectivity index (χ3v) is 14.6. The molecule has 0 spiro atoms. The van der Waals surface area contributed by atoms with Gasteiger partial charge in [0.25, 0.3) is 0 Å². The molecule has 0 radical (unpaired) electrons. The van der Waals surface area contributed by atoms with E-state index in [4.69, 9.17) is 29.7 Å². The molecule has 60 heavy (non-hydrogen) atoms. The Morgan fingerprint density at radius 2 is 1.90 bits per heavy atom. The summed E-state index contributed by atoms with van der Waals surface area (Å²) in [4.78, 5) is 56.9. The number of amides is 1. The standard InChI is InChI=1S/C41H39FN4O13Se/c1-3-41(55)22-9-26-30-20(12-46(26)36(50)21(22)14-56-39(41)53)29-24(6-5-18-15(2)23(42)10-25(44-30)28(18)29)45-40(54)57-13-16-4-7-27(19-8-17(11-43)60-35(16)19)58-38-33(49)31(47)32(48)34(59-38)37(51)52/h4,7-10,24,31-34,38,47-49,55H,3,5-6,11-14,43H2,1-2H3,(H,45,54)(H,51,52)/t24?,31-,32-,33+,34-,38+,41+/m0/s1. The van der Waals surface area contributed by atoms with Gasteiger partial charge >= 0.3 is 285 Å². The molecular weight excluding hydrogens is 854 g/mol. The number of nitrogens with zero attached hydrogens (tertiary/aromatic N) is 2. The van der Waals surface area contributed by atoms with Crippen molar-refractivity contribution in [2.24, 2.45) is 5.73 Å². The van der Waals surface area contributed by atoms with Crippen LogP contribution in [-0.4, -0.2) is 98.3 Å². The Labute approximate surface area is 344 Å². The number of carbonyl (C=O) groups excluding carboxylic acids is 2. The van der Waals surface area contributed by atoms with E-state index in [1.807, 2.05) is 0 Å². The molecular formula is C41H39FN4O13Se. The van der Waals surface area contributed by atoms with Crippen LogP contribution in [0.4, 0.5) is 9.18 Å². The van der Waals surface area contributed by atoms with Crippen LogP contribution in [0, 0.1) is 12.7 Å². The quantitative estimate of drug-likeness (QED) is 0.0841. The van der Waals surface area contributed by atoms with E-state index >= 15 is 4.39 Å². The number of halogens is 1. The van der Waals surface area contributed by atoms with Crippen LogP contribution in [0.25, 0.3) is 31.9 Å². The molecule has 0 saturated carbocycles. The molecule has 3 aliphatic heterocycles. The van der Waals surface area contributed by atoms with Crippen LogP contribution in [0.2, 0.25) is 0 Å². The van der Waals surface area contributed by atoms with Crippen molar-refractivity contribution in [2.45, 2.75) is 102 Å². The van der Waals surface area contributed by atoms with E-state index in [1.54, 1.807) is 32.0 Å². The molecule has 3 aromatic heterocycles. The normalized spacial score (nSPS) is 25.4. The number of nitrogens with two attached hydrogens (primary N) is 1. The maximum absolute atomic E-state index is 15.4. The van der Waals surface area contributed by atoms with Gasteiger partial charge in [-0.25, -0.2) is 9.18 Å². The number of aliphatic carboxylic acids is 1. The second kappa shape index (κ2) is 14.7. The Hall–Kier alpha value is -5.24. The zero-order valence-corrected chi connectivity index (χ0v) is 33.8. The summed E-state index contributed by atoms with van der Waals surface area (Å²) < 4.78 is 40.7. The number of cyclic esters (lactones) is 1. The van der Waals surface area contributed by atoms with Crippen LogP contribution < -0.4 is 21.3 Å². The van der Waals surface area contributed by atoms with Gasteiger partial charge in [0.15, 0.2) is 5.60 Å². The van der Waals surface area contributed by atoms with Gasteiger partial charge < -0.3 is 9.84 Å². The fourth-order valence-electron chi connectivity index (χ4n) is 8.82. The Balaban J connectivity index is 1.02. The molecule has 17 nitrogen and oxygen atoms in total. The number of alkyl carbamates (subject to hydrolysis) is 1. The summed E-state index contributed by atoms with van der Waals surface area (Å²) in [5.74, 6) is -2.68. The van der Waals surface area contributed by atoms with E-state index in [2.05, 4.69) is 5.32 Å². The fourth-order valence-corrected chi connectivity index (χ4v) is 11.0. The van der Waals surface area contributed by atoms with Crippen molar-refractivity contribution in [3.63, 3.8) is 0 Å². The molecule has 6 heterocycles. The van der Waals surface area contributed by atoms with Crippen molar-refractivity contribution < 1.29 is 63.3 Å². The predicted octanol–water partition coefficient (Wildman–Crippen LogP) is 1.38. The number of aliphatic hydroxyl groups excluding tert-OH is 3. The number of hydrogen-bond acceptors (Lipinski definition) is 14. The number of hydrogen-bond donors (Lipinski definition) is 7. The molecule has 19 heteroatoms. The number of carboxylic acid groups (broad SMARTS) is 1. The topological polar surface area (TPSA) is 262 Å². The van der Waals surface area contributed by atoms with Gasteiger partial charge in [-0.05, 0) is 6.42 Å². The molecule has 7 atom stereocenters. The maximum atomic E-state index is 15.4. The molecule has 1 amide bonds. The van der Waals surface area contributed by atoms with Crippen molar-refractivity contribution in [2.75, 3.05) is 0 Å². The second-order valence-electron chi connectivity index (χ2n) is 15.4. The first-order valence-corrected chi connectivity index (χ1v) is 20.9. The molecule has 1 saturated heterocycles. The summed E-state index contributed by atoms with van der Waals surface area (Å²) in [5, 5.41) is 56.0. The van der Waals surface area contributed by atoms with Crippen LogP contribution in [0.5, 0.6) is 5.75 Å². The summed E-state index contributed by atoms with van der Waals surface area (Å²) in [6.45, 7) is 3.09. The molecule has 1 aliphatic carbocycles. The summed E-state index contributed by atoms with van der Waals surface area (Å²) in [5.41, 5.74) is 7.92. The Morgan fingerprint density at radius 1 is 1.12 bits per heavy atom. The Morgan fingerprint density at radius 3 is 2.63 bits per heavy atom. The number of aromatic nitrogens is 2. The number of carboxylic acids is 1. The van der Waals surface area contributed by atoms with Gasteiger partial charge in [0, 0.05) is 5.56 Å². The van der Waals surface area contributed by atoms with Crippen molar-refractivity contribution in [3.8, 4) is 17.1 Å². The van der Waals surface area contributed by atoms with Gasteiger partial charge in [-0.1, -0.05) is 6.92 Å². The third-order valence-electron chi connectivity index (χ3n) is 12.1. The summed E-state index contributed by atoms with van der Waals surface area (Å²) in [6.07, 6.45) is -9.03. The monoisotopic (exact) mass is 894 g/mol. The molecule has 5 aromatic rings. The van der Waals surface area contributed by atoms with Crippen molar-refractivity contribution >= 4 is 53.1 Å². The van der Waals surface area contributed by atoms with Gasteiger partial charge in [0.2, 0.25) is 0 Å². The van der Waals surface area contributed by atoms with Crippen LogP contribution >= 0.6 is 0 Å². The minimum atomic E-state index is -2.04. The van der Waals surface area contributed by atoms with Gasteiger partial charge in [0.05, 0.1) is 5.56 Å². The van der Waals surface area contributed by atoms with Crippen LogP contribution in [0.15, 0.2) is 35.1 Å². The summed E-state index contributed by atoms with van der Waals surface area (Å²) in [6, 6.07) is 7.22. The summed E-state index contributed by atoms with van der Waals surface area (Å²) >= 11 is -0.327. The average Bonchev–Trinajstić information content (AvgIpc) is 3.84. The minimum absolute atomic E-state index is 0.0370. The first kappa shape index (κ1) is 40.2. The number of aliphatic hydroxyl groups is 4. The van der Waals surface area contributed by atoms with Gasteiger partial charge in [-0.3, -0.25) is 4.79 Å². The fraction of sp³-hybridized carbons (Fsp3) is 0.390. The van der Waals surface area contributed by atoms with E-state index in [0.717, 1.165) is 14.3 Å². The van der Waals surface area contributed by atoms with Gasteiger partial charge in [-0.2, -0.15) is 0 Å². The number of benzene rings is 2.